The Morgan fingerprint density at radius 2 is 1.85 bits per heavy atom. The molecule has 0 radical (unpaired) electrons. The molecule has 0 saturated carbocycles. The molecule has 0 aliphatic carbocycles. The highest BCUT2D eigenvalue weighted by molar-refractivity contribution is 7.16. The molecule has 0 spiro atoms. The average Bonchev–Trinajstić information content (AvgIpc) is 2.97. The first kappa shape index (κ1) is 20.4. The van der Waals surface area contributed by atoms with E-state index >= 15 is 0 Å². The summed E-state index contributed by atoms with van der Waals surface area (Å²) < 4.78 is 6.04. The second-order valence-corrected chi connectivity index (χ2v) is 8.71. The highest BCUT2D eigenvalue weighted by Gasteiger charge is 2.27. The molecule has 1 fully saturated rings. The van der Waals surface area contributed by atoms with Gasteiger partial charge in [-0.3, -0.25) is 0 Å². The molecule has 3 amide bonds. The van der Waals surface area contributed by atoms with Crippen LogP contribution in [0.3, 0.4) is 0 Å². The molecular formula is C18H24ClN3O3S. The SMILES string of the molecule is CC(C#Cc1ccc(Cl)s1)NC(=O)N1CCN(C(=O)OC(C)(C)C)CC1. The second-order valence-electron chi connectivity index (χ2n) is 7.00. The van der Waals surface area contributed by atoms with Gasteiger partial charge in [0.2, 0.25) is 0 Å². The topological polar surface area (TPSA) is 61.9 Å². The lowest BCUT2D eigenvalue weighted by Gasteiger charge is -2.35. The molecule has 2 rings (SSSR count). The van der Waals surface area contributed by atoms with Crippen molar-refractivity contribution in [3.8, 4) is 11.8 Å². The number of rotatable bonds is 1. The third-order valence-corrected chi connectivity index (χ3v) is 4.69. The number of thiophene rings is 1. The molecule has 1 aliphatic heterocycles. The number of nitrogens with zero attached hydrogens (tertiary/aromatic N) is 2. The fourth-order valence-corrected chi connectivity index (χ4v) is 3.20. The summed E-state index contributed by atoms with van der Waals surface area (Å²) in [5, 5.41) is 2.86. The molecule has 0 aromatic carbocycles. The summed E-state index contributed by atoms with van der Waals surface area (Å²) in [6.07, 6.45) is -0.341. The molecule has 6 nitrogen and oxygen atoms in total. The highest BCUT2D eigenvalue weighted by atomic mass is 35.5. The number of carbonyl (C=O) groups is 2. The fraction of sp³-hybridized carbons (Fsp3) is 0.556. The van der Waals surface area contributed by atoms with Crippen molar-refractivity contribution in [3.05, 3.63) is 21.3 Å². The van der Waals surface area contributed by atoms with Gasteiger partial charge in [-0.2, -0.15) is 0 Å². The van der Waals surface area contributed by atoms with Gasteiger partial charge in [0.15, 0.2) is 0 Å². The maximum atomic E-state index is 12.3. The van der Waals surface area contributed by atoms with Crippen LogP contribution in [-0.2, 0) is 4.74 Å². The van der Waals surface area contributed by atoms with Crippen molar-refractivity contribution >= 4 is 35.1 Å². The molecule has 1 unspecified atom stereocenters. The van der Waals surface area contributed by atoms with E-state index in [2.05, 4.69) is 17.2 Å². The summed E-state index contributed by atoms with van der Waals surface area (Å²) in [7, 11) is 0. The van der Waals surface area contributed by atoms with Gasteiger partial charge in [-0.1, -0.05) is 23.4 Å². The first-order valence-electron chi connectivity index (χ1n) is 8.44. The lowest BCUT2D eigenvalue weighted by molar-refractivity contribution is 0.0169. The van der Waals surface area contributed by atoms with Crippen molar-refractivity contribution in [3.63, 3.8) is 0 Å². The predicted octanol–water partition coefficient (Wildman–Crippen LogP) is 3.40. The molecule has 8 heteroatoms. The van der Waals surface area contributed by atoms with Crippen molar-refractivity contribution < 1.29 is 14.3 Å². The standard InChI is InChI=1S/C18H24ClN3O3S/c1-13(5-6-14-7-8-15(19)26-14)20-16(23)21-9-11-22(12-10-21)17(24)25-18(2,3)4/h7-8,13H,9-12H2,1-4H3,(H,20,23). The molecule has 1 atom stereocenters. The Morgan fingerprint density at radius 1 is 1.23 bits per heavy atom. The van der Waals surface area contributed by atoms with E-state index in [-0.39, 0.29) is 18.2 Å². The Bertz CT molecular complexity index is 709. The zero-order valence-electron chi connectivity index (χ0n) is 15.5. The molecule has 0 bridgehead atoms. The van der Waals surface area contributed by atoms with E-state index in [1.165, 1.54) is 11.3 Å². The smallest absolute Gasteiger partial charge is 0.410 e. The molecule has 1 aromatic heterocycles. The van der Waals surface area contributed by atoms with Gasteiger partial charge in [0.05, 0.1) is 15.3 Å². The van der Waals surface area contributed by atoms with Crippen molar-refractivity contribution in [1.82, 2.24) is 15.1 Å². The van der Waals surface area contributed by atoms with Crippen LogP contribution in [0.25, 0.3) is 0 Å². The monoisotopic (exact) mass is 397 g/mol. The van der Waals surface area contributed by atoms with Crippen molar-refractivity contribution in [2.75, 3.05) is 26.2 Å². The third-order valence-electron chi connectivity index (χ3n) is 3.54. The van der Waals surface area contributed by atoms with E-state index in [1.54, 1.807) is 15.9 Å². The predicted molar refractivity (Wildman–Crippen MR) is 104 cm³/mol. The van der Waals surface area contributed by atoms with E-state index in [4.69, 9.17) is 16.3 Å². The van der Waals surface area contributed by atoms with Crippen LogP contribution in [-0.4, -0.2) is 59.7 Å². The van der Waals surface area contributed by atoms with Gasteiger partial charge in [-0.25, -0.2) is 9.59 Å². The van der Waals surface area contributed by atoms with Crippen LogP contribution in [0.2, 0.25) is 4.34 Å². The summed E-state index contributed by atoms with van der Waals surface area (Å²) in [5.74, 6) is 5.99. The molecular weight excluding hydrogens is 374 g/mol. The molecule has 1 saturated heterocycles. The van der Waals surface area contributed by atoms with E-state index in [0.29, 0.717) is 30.5 Å². The summed E-state index contributed by atoms with van der Waals surface area (Å²) in [6.45, 7) is 9.17. The largest absolute Gasteiger partial charge is 0.444 e. The Hall–Kier alpha value is -1.91. The summed E-state index contributed by atoms with van der Waals surface area (Å²) >= 11 is 7.27. The zero-order chi connectivity index (χ0) is 19.3. The minimum absolute atomic E-state index is 0.181. The van der Waals surface area contributed by atoms with Crippen LogP contribution in [0.15, 0.2) is 12.1 Å². The minimum atomic E-state index is -0.521. The Balaban J connectivity index is 1.79. The van der Waals surface area contributed by atoms with E-state index < -0.39 is 5.60 Å². The highest BCUT2D eigenvalue weighted by Crippen LogP contribution is 2.20. The molecule has 26 heavy (non-hydrogen) atoms. The Labute approximate surface area is 163 Å². The number of carbonyl (C=O) groups excluding carboxylic acids is 2. The van der Waals surface area contributed by atoms with Gasteiger partial charge in [0.1, 0.15) is 5.60 Å². The summed E-state index contributed by atoms with van der Waals surface area (Å²) in [6, 6.07) is 3.18. The van der Waals surface area contributed by atoms with Crippen molar-refractivity contribution in [2.45, 2.75) is 39.3 Å². The summed E-state index contributed by atoms with van der Waals surface area (Å²) in [5.41, 5.74) is -0.521. The van der Waals surface area contributed by atoms with E-state index in [9.17, 15) is 9.59 Å². The van der Waals surface area contributed by atoms with Gasteiger partial charge < -0.3 is 19.9 Å². The number of ether oxygens (including phenoxy) is 1. The maximum Gasteiger partial charge on any atom is 0.410 e. The van der Waals surface area contributed by atoms with Gasteiger partial charge in [-0.05, 0) is 39.8 Å². The first-order valence-corrected chi connectivity index (χ1v) is 9.64. The average molecular weight is 398 g/mol. The van der Waals surface area contributed by atoms with Gasteiger partial charge in [0.25, 0.3) is 0 Å². The molecule has 1 aliphatic rings. The van der Waals surface area contributed by atoms with Gasteiger partial charge in [0, 0.05) is 26.2 Å². The normalized spacial score (nSPS) is 15.7. The Kier molecular flexibility index (Phi) is 6.79. The van der Waals surface area contributed by atoms with Crippen LogP contribution < -0.4 is 5.32 Å². The number of halogens is 1. The number of piperazine rings is 1. The van der Waals surface area contributed by atoms with Crippen LogP contribution in [0.1, 0.15) is 32.6 Å². The van der Waals surface area contributed by atoms with Gasteiger partial charge in [-0.15, -0.1) is 11.3 Å². The number of amides is 3. The lowest BCUT2D eigenvalue weighted by Crippen LogP contribution is -2.54. The minimum Gasteiger partial charge on any atom is -0.444 e. The molecule has 1 N–H and O–H groups in total. The zero-order valence-corrected chi connectivity index (χ0v) is 17.0. The molecule has 2 heterocycles. The molecule has 1 aromatic rings. The van der Waals surface area contributed by atoms with Crippen LogP contribution >= 0.6 is 22.9 Å². The number of hydrogen-bond acceptors (Lipinski definition) is 4. The fourth-order valence-electron chi connectivity index (χ4n) is 2.29. The van der Waals surface area contributed by atoms with Crippen LogP contribution in [0.4, 0.5) is 9.59 Å². The lowest BCUT2D eigenvalue weighted by atomic mass is 10.2. The first-order chi connectivity index (χ1) is 12.1. The third kappa shape index (κ3) is 6.43. The summed E-state index contributed by atoms with van der Waals surface area (Å²) in [4.78, 5) is 28.5. The number of urea groups is 1. The maximum absolute atomic E-state index is 12.3. The van der Waals surface area contributed by atoms with Crippen LogP contribution in [0.5, 0.6) is 0 Å². The van der Waals surface area contributed by atoms with Crippen molar-refractivity contribution in [1.29, 1.82) is 0 Å². The second kappa shape index (κ2) is 8.65. The van der Waals surface area contributed by atoms with E-state index in [1.807, 2.05) is 33.8 Å². The number of hydrogen-bond donors (Lipinski definition) is 1. The van der Waals surface area contributed by atoms with Crippen molar-refractivity contribution in [2.24, 2.45) is 0 Å². The number of nitrogens with one attached hydrogen (secondary N) is 1. The quantitative estimate of drug-likeness (QED) is 0.739. The van der Waals surface area contributed by atoms with E-state index in [0.717, 1.165) is 4.88 Å². The molecule has 142 valence electrons. The Morgan fingerprint density at radius 3 is 2.38 bits per heavy atom. The van der Waals surface area contributed by atoms with Gasteiger partial charge >= 0.3 is 12.1 Å². The van der Waals surface area contributed by atoms with Crippen LogP contribution in [0, 0.1) is 11.8 Å².